The number of hydrogen-bond donors (Lipinski definition) is 2. The molecular formula is C12H20N2O2S. The van der Waals surface area contributed by atoms with E-state index in [0.29, 0.717) is 10.6 Å². The van der Waals surface area contributed by atoms with Gasteiger partial charge in [0.1, 0.15) is 5.03 Å². The van der Waals surface area contributed by atoms with Crippen LogP contribution < -0.4 is 5.48 Å². The summed E-state index contributed by atoms with van der Waals surface area (Å²) in [6, 6.07) is 3.30. The molecule has 0 aliphatic rings. The number of hydroxylamine groups is 1. The first-order valence-corrected chi connectivity index (χ1v) is 6.34. The average molecular weight is 256 g/mol. The quantitative estimate of drug-likeness (QED) is 0.485. The van der Waals surface area contributed by atoms with Crippen molar-refractivity contribution in [3.63, 3.8) is 0 Å². The average Bonchev–Trinajstić information content (AvgIpc) is 2.29. The summed E-state index contributed by atoms with van der Waals surface area (Å²) in [6.07, 6.45) is 1.63. The number of hydrogen-bond acceptors (Lipinski definition) is 4. The summed E-state index contributed by atoms with van der Waals surface area (Å²) in [4.78, 5) is 15.4. The zero-order valence-electron chi connectivity index (χ0n) is 10.9. The zero-order chi connectivity index (χ0) is 13.5. The molecule has 0 saturated carbocycles. The highest BCUT2D eigenvalue weighted by atomic mass is 32.2. The number of nitrogens with zero attached hydrogens (tertiary/aromatic N) is 1. The molecule has 1 amide bonds. The first-order valence-electron chi connectivity index (χ1n) is 5.52. The maximum absolute atomic E-state index is 11.3. The van der Waals surface area contributed by atoms with Crippen molar-refractivity contribution in [1.82, 2.24) is 10.5 Å². The molecule has 0 aliphatic carbocycles. The fourth-order valence-electron chi connectivity index (χ4n) is 0.995. The molecule has 1 rings (SSSR count). The monoisotopic (exact) mass is 256 g/mol. The SMILES string of the molecule is CC.CC(C)(C)Sc1ncccc1C(=O)NO. The van der Waals surface area contributed by atoms with Gasteiger partial charge >= 0.3 is 0 Å². The van der Waals surface area contributed by atoms with Gasteiger partial charge in [0.05, 0.1) is 5.56 Å². The van der Waals surface area contributed by atoms with E-state index in [0.717, 1.165) is 0 Å². The van der Waals surface area contributed by atoms with E-state index in [-0.39, 0.29) is 4.75 Å². The van der Waals surface area contributed by atoms with Crippen LogP contribution in [0.2, 0.25) is 0 Å². The van der Waals surface area contributed by atoms with E-state index in [9.17, 15) is 4.79 Å². The molecule has 17 heavy (non-hydrogen) atoms. The highest BCUT2D eigenvalue weighted by Crippen LogP contribution is 2.32. The number of carbonyl (C=O) groups is 1. The lowest BCUT2D eigenvalue weighted by Gasteiger charge is -2.18. The molecule has 0 atom stereocenters. The van der Waals surface area contributed by atoms with Crippen molar-refractivity contribution in [1.29, 1.82) is 0 Å². The molecule has 0 bridgehead atoms. The summed E-state index contributed by atoms with van der Waals surface area (Å²) >= 11 is 1.49. The molecular weight excluding hydrogens is 236 g/mol. The number of pyridine rings is 1. The molecule has 1 aromatic heterocycles. The first kappa shape index (κ1) is 15.9. The zero-order valence-corrected chi connectivity index (χ0v) is 11.8. The lowest BCUT2D eigenvalue weighted by atomic mass is 10.2. The Morgan fingerprint density at radius 2 is 2.00 bits per heavy atom. The molecule has 1 heterocycles. The minimum Gasteiger partial charge on any atom is -0.288 e. The maximum atomic E-state index is 11.3. The van der Waals surface area contributed by atoms with Gasteiger partial charge in [-0.2, -0.15) is 0 Å². The van der Waals surface area contributed by atoms with Crippen LogP contribution in [-0.2, 0) is 0 Å². The summed E-state index contributed by atoms with van der Waals surface area (Å²) < 4.78 is -0.0289. The van der Waals surface area contributed by atoms with Crippen LogP contribution in [0.15, 0.2) is 23.4 Å². The minimum absolute atomic E-state index is 0.0289. The van der Waals surface area contributed by atoms with Crippen LogP contribution in [-0.4, -0.2) is 20.8 Å². The predicted molar refractivity (Wildman–Crippen MR) is 70.4 cm³/mol. The molecule has 0 spiro atoms. The molecule has 96 valence electrons. The second-order valence-electron chi connectivity index (χ2n) is 4.01. The topological polar surface area (TPSA) is 62.2 Å². The second kappa shape index (κ2) is 7.29. The fraction of sp³-hybridized carbons (Fsp3) is 0.500. The van der Waals surface area contributed by atoms with E-state index in [4.69, 9.17) is 5.21 Å². The minimum atomic E-state index is -0.533. The Labute approximate surface area is 107 Å². The Bertz CT molecular complexity index is 362. The van der Waals surface area contributed by atoms with Gasteiger partial charge in [0.2, 0.25) is 0 Å². The van der Waals surface area contributed by atoms with Gasteiger partial charge in [-0.25, -0.2) is 10.5 Å². The van der Waals surface area contributed by atoms with Crippen molar-refractivity contribution in [2.24, 2.45) is 0 Å². The Morgan fingerprint density at radius 1 is 1.41 bits per heavy atom. The molecule has 0 aromatic carbocycles. The van der Waals surface area contributed by atoms with Crippen LogP contribution in [0.5, 0.6) is 0 Å². The summed E-state index contributed by atoms with van der Waals surface area (Å²) in [6.45, 7) is 10.1. The van der Waals surface area contributed by atoms with Crippen molar-refractivity contribution >= 4 is 17.7 Å². The third kappa shape index (κ3) is 5.70. The highest BCUT2D eigenvalue weighted by Gasteiger charge is 2.18. The van der Waals surface area contributed by atoms with Crippen LogP contribution >= 0.6 is 11.8 Å². The van der Waals surface area contributed by atoms with Crippen molar-refractivity contribution in [2.75, 3.05) is 0 Å². The number of amides is 1. The molecule has 2 N–H and O–H groups in total. The van der Waals surface area contributed by atoms with Crippen molar-refractivity contribution in [3.8, 4) is 0 Å². The van der Waals surface area contributed by atoms with Gasteiger partial charge in [-0.15, -0.1) is 0 Å². The Hall–Kier alpha value is -1.07. The molecule has 0 saturated heterocycles. The van der Waals surface area contributed by atoms with Gasteiger partial charge in [0, 0.05) is 10.9 Å². The van der Waals surface area contributed by atoms with Crippen molar-refractivity contribution in [3.05, 3.63) is 23.9 Å². The van der Waals surface area contributed by atoms with Crippen LogP contribution in [0, 0.1) is 0 Å². The smallest absolute Gasteiger partial charge is 0.277 e. The summed E-state index contributed by atoms with van der Waals surface area (Å²) in [5.74, 6) is -0.533. The molecule has 0 radical (unpaired) electrons. The maximum Gasteiger partial charge on any atom is 0.277 e. The van der Waals surface area contributed by atoms with Gasteiger partial charge in [0.15, 0.2) is 0 Å². The third-order valence-electron chi connectivity index (χ3n) is 1.52. The standard InChI is InChI=1S/C10H14N2O2S.C2H6/c1-10(2,3)15-9-7(8(13)12-14)5-4-6-11-9;1-2/h4-6,14H,1-3H3,(H,12,13);1-2H3. The van der Waals surface area contributed by atoms with Gasteiger partial charge in [-0.05, 0) is 12.1 Å². The summed E-state index contributed by atoms with van der Waals surface area (Å²) in [7, 11) is 0. The predicted octanol–water partition coefficient (Wildman–Crippen LogP) is 3.12. The van der Waals surface area contributed by atoms with E-state index < -0.39 is 5.91 Å². The first-order chi connectivity index (χ1) is 7.94. The number of carbonyl (C=O) groups excluding carboxylic acids is 1. The van der Waals surface area contributed by atoms with Gasteiger partial charge < -0.3 is 0 Å². The summed E-state index contributed by atoms with van der Waals surface area (Å²) in [5.41, 5.74) is 2.00. The van der Waals surface area contributed by atoms with Crippen LogP contribution in [0.4, 0.5) is 0 Å². The lowest BCUT2D eigenvalue weighted by Crippen LogP contribution is -2.20. The Kier molecular flexibility index (Phi) is 6.83. The summed E-state index contributed by atoms with van der Waals surface area (Å²) in [5, 5.41) is 9.20. The lowest BCUT2D eigenvalue weighted by molar-refractivity contribution is 0.0702. The second-order valence-corrected chi connectivity index (χ2v) is 5.83. The van der Waals surface area contributed by atoms with Crippen molar-refractivity contribution < 1.29 is 10.0 Å². The molecule has 1 aromatic rings. The number of rotatable bonds is 2. The highest BCUT2D eigenvalue weighted by molar-refractivity contribution is 8.00. The molecule has 5 heteroatoms. The van der Waals surface area contributed by atoms with Crippen molar-refractivity contribution in [2.45, 2.75) is 44.4 Å². The largest absolute Gasteiger partial charge is 0.288 e. The van der Waals surface area contributed by atoms with E-state index in [1.54, 1.807) is 23.8 Å². The third-order valence-corrected chi connectivity index (χ3v) is 2.65. The fourth-order valence-corrected chi connectivity index (χ4v) is 1.96. The van der Waals surface area contributed by atoms with Crippen LogP contribution in [0.1, 0.15) is 45.0 Å². The number of aromatic nitrogens is 1. The van der Waals surface area contributed by atoms with E-state index >= 15 is 0 Å². The van der Waals surface area contributed by atoms with Gasteiger partial charge in [-0.3, -0.25) is 10.0 Å². The van der Waals surface area contributed by atoms with Gasteiger partial charge in [0.25, 0.3) is 5.91 Å². The van der Waals surface area contributed by atoms with Crippen LogP contribution in [0.3, 0.4) is 0 Å². The van der Waals surface area contributed by atoms with E-state index in [1.165, 1.54) is 11.8 Å². The van der Waals surface area contributed by atoms with Crippen LogP contribution in [0.25, 0.3) is 0 Å². The molecule has 0 fully saturated rings. The Morgan fingerprint density at radius 3 is 2.47 bits per heavy atom. The van der Waals surface area contributed by atoms with Gasteiger partial charge in [-0.1, -0.05) is 46.4 Å². The number of thioether (sulfide) groups is 1. The normalized spacial score (nSPS) is 10.2. The number of nitrogens with one attached hydrogen (secondary N) is 1. The molecule has 0 unspecified atom stereocenters. The molecule has 4 nitrogen and oxygen atoms in total. The van der Waals surface area contributed by atoms with E-state index in [2.05, 4.69) is 4.98 Å². The Balaban J connectivity index is 0.00000121. The molecule has 0 aliphatic heterocycles. The van der Waals surface area contributed by atoms with E-state index in [1.807, 2.05) is 34.6 Å².